The number of carbonyl (C=O) groups is 2. The summed E-state index contributed by atoms with van der Waals surface area (Å²) in [5.74, 6) is -0.729. The van der Waals surface area contributed by atoms with Crippen molar-refractivity contribution in [3.05, 3.63) is 70.5 Å². The molecule has 3 fully saturated rings. The molecular weight excluding hydrogens is 595 g/mol. The molecule has 240 valence electrons. The van der Waals surface area contributed by atoms with Gasteiger partial charge in [-0.05, 0) is 73.6 Å². The summed E-state index contributed by atoms with van der Waals surface area (Å²) in [4.78, 5) is 31.9. The number of ether oxygens (including phenoxy) is 1. The Bertz CT molecular complexity index is 1330. The molecule has 2 aromatic rings. The first-order chi connectivity index (χ1) is 20.6. The summed E-state index contributed by atoms with van der Waals surface area (Å²) in [5.41, 5.74) is -2.60. The molecule has 6 nitrogen and oxygen atoms in total. The predicted octanol–water partition coefficient (Wildman–Crippen LogP) is 6.92. The SMILES string of the molecule is CC(c1cc(C(F)(F)F)cc(C(F)(F)F)c1)N(C)C(=O)N1CCC2CN(C(=O)C3CCOCC3)CC2C1c1ccc(F)cc1. The van der Waals surface area contributed by atoms with Crippen molar-refractivity contribution in [2.45, 2.75) is 50.6 Å². The van der Waals surface area contributed by atoms with Gasteiger partial charge in [-0.15, -0.1) is 0 Å². The maximum Gasteiger partial charge on any atom is 0.416 e. The number of urea groups is 1. The standard InChI is InChI=1S/C31H34F7N3O3/c1-18(22-13-23(30(33,34)35)15-24(14-22)31(36,37)38)39(2)29(43)41-10-7-21-16-40(28(42)20-8-11-44-12-9-20)17-26(21)27(41)19-3-5-25(32)6-4-19/h3-6,13-15,18,20-21,26-27H,7-12,16-17H2,1-2H3. The van der Waals surface area contributed by atoms with E-state index in [4.69, 9.17) is 4.74 Å². The van der Waals surface area contributed by atoms with Crippen molar-refractivity contribution in [1.82, 2.24) is 14.7 Å². The molecule has 3 saturated heterocycles. The summed E-state index contributed by atoms with van der Waals surface area (Å²) in [6.07, 6.45) is -8.24. The largest absolute Gasteiger partial charge is 0.416 e. The monoisotopic (exact) mass is 629 g/mol. The molecule has 0 bridgehead atoms. The Kier molecular flexibility index (Phi) is 8.90. The fraction of sp³-hybridized carbons (Fsp3) is 0.548. The van der Waals surface area contributed by atoms with Crippen molar-refractivity contribution in [2.24, 2.45) is 17.8 Å². The Morgan fingerprint density at radius 3 is 2.07 bits per heavy atom. The van der Waals surface area contributed by atoms with E-state index in [2.05, 4.69) is 0 Å². The number of rotatable bonds is 4. The molecular formula is C31H34F7N3O3. The number of likely N-dealkylation sites (tertiary alicyclic amines) is 2. The van der Waals surface area contributed by atoms with Crippen molar-refractivity contribution in [1.29, 1.82) is 0 Å². The normalized spacial score (nSPS) is 23.8. The van der Waals surface area contributed by atoms with Crippen LogP contribution in [0.5, 0.6) is 0 Å². The fourth-order valence-electron chi connectivity index (χ4n) is 6.73. The first-order valence-electron chi connectivity index (χ1n) is 14.6. The maximum atomic E-state index is 14.0. The van der Waals surface area contributed by atoms with Gasteiger partial charge in [-0.25, -0.2) is 9.18 Å². The molecule has 5 rings (SSSR count). The Balaban J connectivity index is 1.43. The topological polar surface area (TPSA) is 53.1 Å². The van der Waals surface area contributed by atoms with E-state index in [0.29, 0.717) is 63.3 Å². The molecule has 2 aromatic carbocycles. The first-order valence-corrected chi connectivity index (χ1v) is 14.6. The van der Waals surface area contributed by atoms with Crippen LogP contribution in [-0.2, 0) is 21.9 Å². The molecule has 4 unspecified atom stereocenters. The van der Waals surface area contributed by atoms with Gasteiger partial charge in [0.1, 0.15) is 5.82 Å². The van der Waals surface area contributed by atoms with Gasteiger partial charge in [0, 0.05) is 51.7 Å². The third kappa shape index (κ3) is 6.52. The number of nitrogens with zero attached hydrogens (tertiary/aromatic N) is 3. The van der Waals surface area contributed by atoms with Crippen molar-refractivity contribution in [3.63, 3.8) is 0 Å². The van der Waals surface area contributed by atoms with E-state index in [1.54, 1.807) is 17.0 Å². The highest BCUT2D eigenvalue weighted by Crippen LogP contribution is 2.45. The van der Waals surface area contributed by atoms with Crippen LogP contribution in [0.1, 0.15) is 60.5 Å². The Hall–Kier alpha value is -3.35. The quantitative estimate of drug-likeness (QED) is 0.345. The van der Waals surface area contributed by atoms with Crippen LogP contribution in [0.3, 0.4) is 0 Å². The van der Waals surface area contributed by atoms with Gasteiger partial charge >= 0.3 is 18.4 Å². The van der Waals surface area contributed by atoms with Gasteiger partial charge in [-0.2, -0.15) is 26.3 Å². The van der Waals surface area contributed by atoms with Crippen molar-refractivity contribution in [2.75, 3.05) is 39.9 Å². The van der Waals surface area contributed by atoms with E-state index in [0.717, 1.165) is 4.90 Å². The molecule has 13 heteroatoms. The van der Waals surface area contributed by atoms with Crippen LogP contribution in [0.4, 0.5) is 35.5 Å². The Morgan fingerprint density at radius 2 is 1.50 bits per heavy atom. The Labute approximate surface area is 250 Å². The number of carbonyl (C=O) groups excluding carboxylic acids is 2. The van der Waals surface area contributed by atoms with Crippen LogP contribution in [0, 0.1) is 23.6 Å². The molecule has 4 atom stereocenters. The van der Waals surface area contributed by atoms with Crippen LogP contribution in [0.2, 0.25) is 0 Å². The molecule has 3 aliphatic rings. The average molecular weight is 630 g/mol. The van der Waals surface area contributed by atoms with Crippen LogP contribution >= 0.6 is 0 Å². The molecule has 0 aromatic heterocycles. The number of alkyl halides is 6. The second kappa shape index (κ2) is 12.2. The van der Waals surface area contributed by atoms with E-state index in [1.807, 2.05) is 4.90 Å². The number of halogens is 7. The van der Waals surface area contributed by atoms with E-state index < -0.39 is 47.4 Å². The van der Waals surface area contributed by atoms with Crippen LogP contribution in [0.25, 0.3) is 0 Å². The van der Waals surface area contributed by atoms with Gasteiger partial charge in [0.2, 0.25) is 5.91 Å². The third-order valence-corrected chi connectivity index (χ3v) is 9.29. The Morgan fingerprint density at radius 1 is 0.909 bits per heavy atom. The third-order valence-electron chi connectivity index (χ3n) is 9.29. The van der Waals surface area contributed by atoms with Crippen molar-refractivity contribution < 1.29 is 45.1 Å². The molecule has 3 heterocycles. The number of hydrogen-bond acceptors (Lipinski definition) is 3. The highest BCUT2D eigenvalue weighted by Gasteiger charge is 2.48. The van der Waals surface area contributed by atoms with Crippen LogP contribution in [0.15, 0.2) is 42.5 Å². The lowest BCUT2D eigenvalue weighted by molar-refractivity contribution is -0.143. The summed E-state index contributed by atoms with van der Waals surface area (Å²) in [6.45, 7) is 3.52. The molecule has 0 saturated carbocycles. The van der Waals surface area contributed by atoms with Gasteiger partial charge in [0.25, 0.3) is 0 Å². The minimum atomic E-state index is -5.02. The lowest BCUT2D eigenvalue weighted by Crippen LogP contribution is -2.50. The molecule has 0 aliphatic carbocycles. The van der Waals surface area contributed by atoms with Crippen molar-refractivity contribution in [3.8, 4) is 0 Å². The molecule has 0 N–H and O–H groups in total. The van der Waals surface area contributed by atoms with Gasteiger partial charge in [0.05, 0.1) is 23.2 Å². The molecule has 3 amide bonds. The summed E-state index contributed by atoms with van der Waals surface area (Å²) < 4.78 is 100. The van der Waals surface area contributed by atoms with E-state index in [9.17, 15) is 40.3 Å². The second-order valence-electron chi connectivity index (χ2n) is 11.9. The predicted molar refractivity (Wildman–Crippen MR) is 146 cm³/mol. The lowest BCUT2D eigenvalue weighted by atomic mass is 9.79. The van der Waals surface area contributed by atoms with Crippen LogP contribution in [-0.4, -0.2) is 66.5 Å². The highest BCUT2D eigenvalue weighted by molar-refractivity contribution is 5.79. The van der Waals surface area contributed by atoms with E-state index in [1.165, 1.54) is 26.1 Å². The zero-order valence-corrected chi connectivity index (χ0v) is 24.3. The van der Waals surface area contributed by atoms with Gasteiger partial charge in [0.15, 0.2) is 0 Å². The second-order valence-corrected chi connectivity index (χ2v) is 11.9. The first kappa shape index (κ1) is 32.1. The molecule has 3 aliphatic heterocycles. The minimum Gasteiger partial charge on any atom is -0.381 e. The number of piperidine rings is 1. The fourth-order valence-corrected chi connectivity index (χ4v) is 6.73. The highest BCUT2D eigenvalue weighted by atomic mass is 19.4. The summed E-state index contributed by atoms with van der Waals surface area (Å²) in [6, 6.07) is 4.67. The van der Waals surface area contributed by atoms with E-state index in [-0.39, 0.29) is 41.8 Å². The van der Waals surface area contributed by atoms with Crippen molar-refractivity contribution >= 4 is 11.9 Å². The minimum absolute atomic E-state index is 0.0363. The van der Waals surface area contributed by atoms with Gasteiger partial charge in [-0.1, -0.05) is 12.1 Å². The van der Waals surface area contributed by atoms with E-state index >= 15 is 0 Å². The lowest BCUT2D eigenvalue weighted by Gasteiger charge is -2.45. The van der Waals surface area contributed by atoms with Gasteiger partial charge in [-0.3, -0.25) is 4.79 Å². The number of fused-ring (bicyclic) bond motifs is 1. The zero-order valence-electron chi connectivity index (χ0n) is 24.3. The summed E-state index contributed by atoms with van der Waals surface area (Å²) in [5, 5.41) is 0. The van der Waals surface area contributed by atoms with Crippen LogP contribution < -0.4 is 0 Å². The number of hydrogen-bond donors (Lipinski definition) is 0. The smallest absolute Gasteiger partial charge is 0.381 e. The zero-order chi connectivity index (χ0) is 32.0. The summed E-state index contributed by atoms with van der Waals surface area (Å²) >= 11 is 0. The molecule has 44 heavy (non-hydrogen) atoms. The number of benzene rings is 2. The average Bonchev–Trinajstić information content (AvgIpc) is 3.43. The maximum absolute atomic E-state index is 14.0. The number of amides is 3. The van der Waals surface area contributed by atoms with Gasteiger partial charge < -0.3 is 19.4 Å². The molecule has 0 radical (unpaired) electrons. The molecule has 0 spiro atoms. The summed E-state index contributed by atoms with van der Waals surface area (Å²) in [7, 11) is 1.34.